The van der Waals surface area contributed by atoms with Crippen LogP contribution in [0.5, 0.6) is 0 Å². The summed E-state index contributed by atoms with van der Waals surface area (Å²) in [6.07, 6.45) is 1.98. The number of carbonyl (C=O) groups excluding carboxylic acids is 1. The Morgan fingerprint density at radius 2 is 2.06 bits per heavy atom. The fraction of sp³-hybridized carbons (Fsp3) is 0.500. The Hall–Kier alpha value is -0.900. The number of hydrogen-bond acceptors (Lipinski definition) is 3. The van der Waals surface area contributed by atoms with Gasteiger partial charge in [-0.3, -0.25) is 9.69 Å². The molecule has 0 aromatic heterocycles. The molecule has 0 atom stereocenters. The molecular weight excluding hydrogens is 250 g/mol. The summed E-state index contributed by atoms with van der Waals surface area (Å²) in [4.78, 5) is 14.3. The molecule has 2 rings (SSSR count). The van der Waals surface area contributed by atoms with Gasteiger partial charge in [-0.05, 0) is 32.0 Å². The number of likely N-dealkylation sites (N-methyl/N-ethyl adjacent to an activating group) is 1. The van der Waals surface area contributed by atoms with Crippen molar-refractivity contribution in [3.63, 3.8) is 0 Å². The molecule has 0 amide bonds. The standard InChI is InChI=1S/C14H18ClNO2/c1-16(11-6-8-18-9-7-11)10-14(17)12-4-2-3-5-13(12)15/h2-5,11H,6-10H2,1H3. The van der Waals surface area contributed by atoms with Crippen LogP contribution in [0.25, 0.3) is 0 Å². The molecule has 1 aromatic carbocycles. The lowest BCUT2D eigenvalue weighted by atomic mass is 10.1. The third-order valence-corrected chi connectivity index (χ3v) is 3.71. The molecular formula is C14H18ClNO2. The lowest BCUT2D eigenvalue weighted by Gasteiger charge is -2.30. The van der Waals surface area contributed by atoms with Gasteiger partial charge in [-0.2, -0.15) is 0 Å². The number of rotatable bonds is 4. The predicted molar refractivity (Wildman–Crippen MR) is 72.3 cm³/mol. The first-order chi connectivity index (χ1) is 8.68. The van der Waals surface area contributed by atoms with Crippen LogP contribution in [-0.2, 0) is 4.74 Å². The zero-order chi connectivity index (χ0) is 13.0. The maximum absolute atomic E-state index is 12.2. The third-order valence-electron chi connectivity index (χ3n) is 3.38. The van der Waals surface area contributed by atoms with E-state index in [1.807, 2.05) is 19.2 Å². The lowest BCUT2D eigenvalue weighted by Crippen LogP contribution is -2.39. The fourth-order valence-corrected chi connectivity index (χ4v) is 2.50. The molecule has 4 heteroatoms. The highest BCUT2D eigenvalue weighted by molar-refractivity contribution is 6.34. The van der Waals surface area contributed by atoms with Crippen molar-refractivity contribution in [3.05, 3.63) is 34.9 Å². The smallest absolute Gasteiger partial charge is 0.178 e. The molecule has 0 spiro atoms. The molecule has 0 aliphatic carbocycles. The minimum atomic E-state index is 0.0783. The van der Waals surface area contributed by atoms with Gasteiger partial charge >= 0.3 is 0 Å². The fourth-order valence-electron chi connectivity index (χ4n) is 2.25. The molecule has 0 bridgehead atoms. The van der Waals surface area contributed by atoms with Crippen LogP contribution >= 0.6 is 11.6 Å². The van der Waals surface area contributed by atoms with E-state index in [9.17, 15) is 4.79 Å². The predicted octanol–water partition coefficient (Wildman–Crippen LogP) is 2.63. The maximum atomic E-state index is 12.2. The monoisotopic (exact) mass is 267 g/mol. The molecule has 18 heavy (non-hydrogen) atoms. The summed E-state index contributed by atoms with van der Waals surface area (Å²) in [7, 11) is 1.99. The van der Waals surface area contributed by atoms with Gasteiger partial charge in [0.15, 0.2) is 5.78 Å². The molecule has 1 aliphatic rings. The first kappa shape index (κ1) is 13.5. The lowest BCUT2D eigenvalue weighted by molar-refractivity contribution is 0.0418. The van der Waals surface area contributed by atoms with Crippen LogP contribution in [-0.4, -0.2) is 43.5 Å². The summed E-state index contributed by atoms with van der Waals surface area (Å²) in [6.45, 7) is 1.99. The maximum Gasteiger partial charge on any atom is 0.178 e. The molecule has 0 saturated carbocycles. The minimum Gasteiger partial charge on any atom is -0.381 e. The molecule has 0 radical (unpaired) electrons. The number of benzene rings is 1. The van der Waals surface area contributed by atoms with Crippen LogP contribution < -0.4 is 0 Å². The van der Waals surface area contributed by atoms with E-state index in [2.05, 4.69) is 4.90 Å². The summed E-state index contributed by atoms with van der Waals surface area (Å²) < 4.78 is 5.33. The zero-order valence-electron chi connectivity index (χ0n) is 10.6. The Morgan fingerprint density at radius 1 is 1.39 bits per heavy atom. The van der Waals surface area contributed by atoms with E-state index in [1.54, 1.807) is 12.1 Å². The highest BCUT2D eigenvalue weighted by atomic mass is 35.5. The summed E-state index contributed by atoms with van der Waals surface area (Å²) in [5, 5.41) is 0.530. The Balaban J connectivity index is 1.96. The van der Waals surface area contributed by atoms with Crippen molar-refractivity contribution in [3.8, 4) is 0 Å². The molecule has 0 unspecified atom stereocenters. The van der Waals surface area contributed by atoms with E-state index in [0.717, 1.165) is 26.1 Å². The van der Waals surface area contributed by atoms with E-state index in [-0.39, 0.29) is 5.78 Å². The molecule has 0 N–H and O–H groups in total. The second-order valence-electron chi connectivity index (χ2n) is 4.66. The molecule has 1 saturated heterocycles. The van der Waals surface area contributed by atoms with E-state index in [0.29, 0.717) is 23.2 Å². The van der Waals surface area contributed by atoms with E-state index in [4.69, 9.17) is 16.3 Å². The highest BCUT2D eigenvalue weighted by Crippen LogP contribution is 2.18. The number of nitrogens with zero attached hydrogens (tertiary/aromatic N) is 1. The van der Waals surface area contributed by atoms with Gasteiger partial charge in [0.1, 0.15) is 0 Å². The largest absolute Gasteiger partial charge is 0.381 e. The SMILES string of the molecule is CN(CC(=O)c1ccccc1Cl)C1CCOCC1. The number of Topliss-reactive ketones (excluding diaryl/α,β-unsaturated/α-hetero) is 1. The van der Waals surface area contributed by atoms with Gasteiger partial charge < -0.3 is 4.74 Å². The quantitative estimate of drug-likeness (QED) is 0.786. The highest BCUT2D eigenvalue weighted by Gasteiger charge is 2.21. The molecule has 3 nitrogen and oxygen atoms in total. The first-order valence-electron chi connectivity index (χ1n) is 6.24. The van der Waals surface area contributed by atoms with Gasteiger partial charge in [-0.15, -0.1) is 0 Å². The van der Waals surface area contributed by atoms with Gasteiger partial charge in [0, 0.05) is 24.8 Å². The van der Waals surface area contributed by atoms with Gasteiger partial charge in [-0.1, -0.05) is 23.7 Å². The van der Waals surface area contributed by atoms with Crippen LogP contribution in [0.1, 0.15) is 23.2 Å². The second kappa shape index (κ2) is 6.32. The number of ether oxygens (including phenoxy) is 1. The molecule has 1 aliphatic heterocycles. The Labute approximate surface area is 113 Å². The summed E-state index contributed by atoms with van der Waals surface area (Å²) in [5.41, 5.74) is 0.609. The molecule has 1 aromatic rings. The molecule has 1 heterocycles. The zero-order valence-corrected chi connectivity index (χ0v) is 11.3. The van der Waals surface area contributed by atoms with Crippen molar-refractivity contribution >= 4 is 17.4 Å². The van der Waals surface area contributed by atoms with E-state index < -0.39 is 0 Å². The van der Waals surface area contributed by atoms with Gasteiger partial charge in [0.2, 0.25) is 0 Å². The summed E-state index contributed by atoms with van der Waals surface area (Å²) in [5.74, 6) is 0.0783. The number of carbonyl (C=O) groups is 1. The van der Waals surface area contributed by atoms with Crippen LogP contribution in [0, 0.1) is 0 Å². The number of ketones is 1. The Bertz CT molecular complexity index is 416. The van der Waals surface area contributed by atoms with Crippen molar-refractivity contribution < 1.29 is 9.53 Å². The van der Waals surface area contributed by atoms with Gasteiger partial charge in [0.05, 0.1) is 11.6 Å². The number of hydrogen-bond donors (Lipinski definition) is 0. The van der Waals surface area contributed by atoms with Gasteiger partial charge in [-0.25, -0.2) is 0 Å². The minimum absolute atomic E-state index is 0.0783. The van der Waals surface area contributed by atoms with Crippen molar-refractivity contribution in [1.29, 1.82) is 0 Å². The van der Waals surface area contributed by atoms with Crippen LogP contribution in [0.3, 0.4) is 0 Å². The van der Waals surface area contributed by atoms with Crippen LogP contribution in [0.15, 0.2) is 24.3 Å². The van der Waals surface area contributed by atoms with E-state index in [1.165, 1.54) is 0 Å². The Kier molecular flexibility index (Phi) is 4.75. The van der Waals surface area contributed by atoms with E-state index >= 15 is 0 Å². The average Bonchev–Trinajstić information content (AvgIpc) is 2.40. The third kappa shape index (κ3) is 3.31. The second-order valence-corrected chi connectivity index (χ2v) is 5.07. The molecule has 1 fully saturated rings. The summed E-state index contributed by atoms with van der Waals surface area (Å²) >= 11 is 6.03. The van der Waals surface area contributed by atoms with Gasteiger partial charge in [0.25, 0.3) is 0 Å². The topological polar surface area (TPSA) is 29.5 Å². The normalized spacial score (nSPS) is 17.1. The first-order valence-corrected chi connectivity index (χ1v) is 6.62. The molecule has 98 valence electrons. The van der Waals surface area contributed by atoms with Crippen molar-refractivity contribution in [2.45, 2.75) is 18.9 Å². The van der Waals surface area contributed by atoms with Crippen molar-refractivity contribution in [1.82, 2.24) is 4.90 Å². The number of halogens is 1. The van der Waals surface area contributed by atoms with Crippen LogP contribution in [0.4, 0.5) is 0 Å². The average molecular weight is 268 g/mol. The van der Waals surface area contributed by atoms with Crippen molar-refractivity contribution in [2.75, 3.05) is 26.8 Å². The summed E-state index contributed by atoms with van der Waals surface area (Å²) in [6, 6.07) is 7.64. The van der Waals surface area contributed by atoms with Crippen LogP contribution in [0.2, 0.25) is 5.02 Å². The van der Waals surface area contributed by atoms with Crippen molar-refractivity contribution in [2.24, 2.45) is 0 Å². The Morgan fingerprint density at radius 3 is 2.72 bits per heavy atom.